The molecule has 7 aromatic rings. The van der Waals surface area contributed by atoms with Gasteiger partial charge in [-0.3, -0.25) is 38.4 Å². The number of unbranched alkanes of at least 4 members (excludes halogenated alkanes) is 1. The van der Waals surface area contributed by atoms with Crippen molar-refractivity contribution in [2.24, 2.45) is 23.1 Å². The Morgan fingerprint density at radius 1 is 0.600 bits per heavy atom. The molecule has 1 aliphatic rings. The Morgan fingerprint density at radius 3 is 1.74 bits per heavy atom. The van der Waals surface area contributed by atoms with Crippen molar-refractivity contribution in [3.8, 4) is 28.0 Å². The Morgan fingerprint density at radius 2 is 1.13 bits per heavy atom. The zero-order valence-corrected chi connectivity index (χ0v) is 52.0. The maximum absolute atomic E-state index is 15.1. The van der Waals surface area contributed by atoms with Gasteiger partial charge in [0.2, 0.25) is 47.3 Å². The van der Waals surface area contributed by atoms with E-state index in [-0.39, 0.29) is 55.9 Å². The fourth-order valence-electron chi connectivity index (χ4n) is 10.5. The van der Waals surface area contributed by atoms with Crippen LogP contribution in [0.5, 0.6) is 5.75 Å². The number of carbonyl (C=O) groups is 8. The van der Waals surface area contributed by atoms with Crippen LogP contribution < -0.4 is 54.4 Å². The molecular formula is C68H79N11O9S2. The highest BCUT2D eigenvalue weighted by atomic mass is 33.1. The number of hydrogen-bond acceptors (Lipinski definition) is 13. The minimum atomic E-state index is -1.41. The van der Waals surface area contributed by atoms with Crippen LogP contribution in [0.1, 0.15) is 61.8 Å². The third kappa shape index (κ3) is 19.0. The van der Waals surface area contributed by atoms with E-state index in [0.29, 0.717) is 36.0 Å². The second-order valence-electron chi connectivity index (χ2n) is 22.6. The predicted molar refractivity (Wildman–Crippen MR) is 353 cm³/mol. The fraction of sp³-hybridized carbons (Fsp3) is 0.324. The van der Waals surface area contributed by atoms with Crippen LogP contribution in [0.25, 0.3) is 33.2 Å². The third-order valence-corrected chi connectivity index (χ3v) is 18.4. The van der Waals surface area contributed by atoms with E-state index in [4.69, 9.17) is 17.2 Å². The number of phenols is 1. The van der Waals surface area contributed by atoms with Gasteiger partial charge in [-0.25, -0.2) is 0 Å². The highest BCUT2D eigenvalue weighted by Gasteiger charge is 2.37. The SMILES string of the molecule is CC[C@H](C)[C@H]1NC(=O)[C@H](CCCCN)NC(=O)[C@@H](Cc2c[nH]c3ccccc23)NC(=O)[C@H](Cc2ccc(O)cc2)NC(=O)[C@H](NC(=O)[C@@H](N)Cc2ccc(-c3ccccc3)cc2)CSSC[C@@H](C(=O)N[C@@H](Cc2ccc(-c3ccccc3)cc2)C(N)=O)NC1=O. The molecule has 15 N–H and O–H groups in total. The number of nitrogens with one attached hydrogen (secondary N) is 8. The van der Waals surface area contributed by atoms with Crippen LogP contribution in [0.4, 0.5) is 0 Å². The summed E-state index contributed by atoms with van der Waals surface area (Å²) in [5.41, 5.74) is 25.7. The molecule has 0 bridgehead atoms. The smallest absolute Gasteiger partial charge is 0.244 e. The molecule has 6 aromatic carbocycles. The summed E-state index contributed by atoms with van der Waals surface area (Å²) in [5, 5.41) is 30.9. The average molecular weight is 1260 g/mol. The number of fused-ring (bicyclic) bond motifs is 1. The molecule has 472 valence electrons. The first kappa shape index (κ1) is 67.0. The molecule has 8 amide bonds. The zero-order valence-electron chi connectivity index (χ0n) is 50.3. The van der Waals surface area contributed by atoms with E-state index in [1.165, 1.54) is 12.1 Å². The van der Waals surface area contributed by atoms with Crippen LogP contribution in [-0.4, -0.2) is 124 Å². The molecular weight excluding hydrogens is 1180 g/mol. The molecule has 8 rings (SSSR count). The molecule has 0 spiro atoms. The molecule has 22 heteroatoms. The summed E-state index contributed by atoms with van der Waals surface area (Å²) < 4.78 is 0. The highest BCUT2D eigenvalue weighted by molar-refractivity contribution is 8.76. The molecule has 9 atom stereocenters. The van der Waals surface area contributed by atoms with Crippen LogP contribution in [0.3, 0.4) is 0 Å². The fourth-order valence-corrected chi connectivity index (χ4v) is 12.8. The molecule has 1 aromatic heterocycles. The van der Waals surface area contributed by atoms with Crippen LogP contribution >= 0.6 is 21.6 Å². The van der Waals surface area contributed by atoms with Crippen molar-refractivity contribution in [2.75, 3.05) is 18.1 Å². The second-order valence-corrected chi connectivity index (χ2v) is 25.1. The van der Waals surface area contributed by atoms with E-state index in [2.05, 4.69) is 42.2 Å². The van der Waals surface area contributed by atoms with Crippen LogP contribution in [0.15, 0.2) is 164 Å². The Bertz CT molecular complexity index is 3560. The van der Waals surface area contributed by atoms with Crippen LogP contribution in [0.2, 0.25) is 0 Å². The van der Waals surface area contributed by atoms with E-state index in [0.717, 1.165) is 60.3 Å². The number of phenolic OH excluding ortho intramolecular Hbond substituents is 1. The topological polar surface area (TPSA) is 335 Å². The maximum Gasteiger partial charge on any atom is 0.244 e. The first-order valence-corrected chi connectivity index (χ1v) is 32.7. The zero-order chi connectivity index (χ0) is 64.1. The molecule has 90 heavy (non-hydrogen) atoms. The lowest BCUT2D eigenvalue weighted by atomic mass is 9.96. The molecule has 0 saturated carbocycles. The summed E-state index contributed by atoms with van der Waals surface area (Å²) in [6, 6.07) is 37.5. The van der Waals surface area contributed by atoms with Gasteiger partial charge in [-0.15, -0.1) is 0 Å². The van der Waals surface area contributed by atoms with E-state index < -0.39 is 102 Å². The summed E-state index contributed by atoms with van der Waals surface area (Å²) in [5.74, 6) is -7.04. The van der Waals surface area contributed by atoms with Gasteiger partial charge in [0.1, 0.15) is 48.0 Å². The van der Waals surface area contributed by atoms with Gasteiger partial charge in [-0.1, -0.05) is 181 Å². The Hall–Kier alpha value is -8.96. The Balaban J connectivity index is 1.13. The van der Waals surface area contributed by atoms with Crippen molar-refractivity contribution in [1.29, 1.82) is 0 Å². The minimum absolute atomic E-state index is 0.00748. The number of H-pyrrole nitrogens is 1. The van der Waals surface area contributed by atoms with Gasteiger partial charge in [-0.05, 0) is 101 Å². The van der Waals surface area contributed by atoms with Gasteiger partial charge in [0, 0.05) is 47.9 Å². The van der Waals surface area contributed by atoms with Crippen molar-refractivity contribution in [2.45, 2.75) is 114 Å². The van der Waals surface area contributed by atoms with E-state index in [1.54, 1.807) is 25.3 Å². The van der Waals surface area contributed by atoms with Crippen LogP contribution in [-0.2, 0) is 64.0 Å². The number of rotatable bonds is 21. The van der Waals surface area contributed by atoms with Gasteiger partial charge in [0.05, 0.1) is 6.04 Å². The third-order valence-electron chi connectivity index (χ3n) is 15.9. The number of primary amides is 1. The molecule has 0 aliphatic carbocycles. The highest BCUT2D eigenvalue weighted by Crippen LogP contribution is 2.26. The Kier molecular flexibility index (Phi) is 24.6. The molecule has 1 fully saturated rings. The molecule has 20 nitrogen and oxygen atoms in total. The number of nitrogens with two attached hydrogens (primary N) is 3. The van der Waals surface area contributed by atoms with Gasteiger partial charge in [0.25, 0.3) is 0 Å². The molecule has 1 saturated heterocycles. The van der Waals surface area contributed by atoms with Gasteiger partial charge >= 0.3 is 0 Å². The van der Waals surface area contributed by atoms with Crippen molar-refractivity contribution >= 4 is 79.7 Å². The second kappa shape index (κ2) is 33.0. The normalized spacial score (nSPS) is 20.0. The monoisotopic (exact) mass is 1260 g/mol. The van der Waals surface area contributed by atoms with E-state index in [9.17, 15) is 33.9 Å². The summed E-state index contributed by atoms with van der Waals surface area (Å²) in [6.07, 6.45) is 2.92. The number of benzene rings is 6. The number of para-hydroxylation sites is 1. The molecule has 0 radical (unpaired) electrons. The van der Waals surface area contributed by atoms with Gasteiger partial charge < -0.3 is 64.5 Å². The number of aromatic nitrogens is 1. The van der Waals surface area contributed by atoms with Gasteiger partial charge in [-0.2, -0.15) is 0 Å². The summed E-state index contributed by atoms with van der Waals surface area (Å²) in [6.45, 7) is 3.87. The summed E-state index contributed by atoms with van der Waals surface area (Å²) in [4.78, 5) is 120. The number of carbonyl (C=O) groups excluding carboxylic acids is 8. The first-order valence-electron chi connectivity index (χ1n) is 30.2. The standard InChI is InChI=1S/C68H79N11O9S2/c1-3-41(2)60-68(88)78-59(66(86)74-55(61(71)81)35-43-23-29-48(30-24-43)46-16-8-5-9-17-46)40-90-89-39-58(77-62(82)52(70)34-42-21-27-47(28-22-42)45-14-6-4-7-15-45)67(87)75-56(36-44-25-31-50(80)32-26-44)64(84)76-57(37-49-38-72-53-19-11-10-18-51(49)53)65(85)73-54(63(83)79-60)20-12-13-33-69/h4-11,14-19,21-32,38,41,52,54-60,72,80H,3,12-13,20,33-37,39-40,69-70H2,1-2H3,(H2,71,81)(H,73,85)(H,74,86)(H,75,87)(H,76,84)(H,77,82)(H,78,88)(H,79,83)/t41-,52-,54-,55-,56-,57+,58+,59-,60+/m0/s1. The number of hydrogen-bond donors (Lipinski definition) is 12. The van der Waals surface area contributed by atoms with Crippen molar-refractivity contribution in [3.63, 3.8) is 0 Å². The lowest BCUT2D eigenvalue weighted by molar-refractivity contribution is -0.136. The van der Waals surface area contributed by atoms with E-state index >= 15 is 9.59 Å². The minimum Gasteiger partial charge on any atom is -0.508 e. The number of amides is 8. The lowest BCUT2D eigenvalue weighted by Gasteiger charge is -2.30. The van der Waals surface area contributed by atoms with Crippen molar-refractivity contribution < 1.29 is 43.5 Å². The predicted octanol–water partition coefficient (Wildman–Crippen LogP) is 5.25. The lowest BCUT2D eigenvalue weighted by Crippen LogP contribution is -2.62. The molecule has 1 aliphatic heterocycles. The van der Waals surface area contributed by atoms with Crippen molar-refractivity contribution in [1.82, 2.24) is 42.2 Å². The number of aromatic amines is 1. The van der Waals surface area contributed by atoms with Crippen molar-refractivity contribution in [3.05, 3.63) is 186 Å². The summed E-state index contributed by atoms with van der Waals surface area (Å²) in [7, 11) is 2.14. The van der Waals surface area contributed by atoms with E-state index in [1.807, 2.05) is 140 Å². The molecule has 2 heterocycles. The van der Waals surface area contributed by atoms with Crippen LogP contribution in [0, 0.1) is 5.92 Å². The average Bonchev–Trinajstić information content (AvgIpc) is 2.12. The number of aromatic hydroxyl groups is 1. The Labute approximate surface area is 531 Å². The maximum atomic E-state index is 15.1. The molecule has 0 unspecified atom stereocenters. The summed E-state index contributed by atoms with van der Waals surface area (Å²) >= 11 is 0. The van der Waals surface area contributed by atoms with Gasteiger partial charge in [0.15, 0.2) is 0 Å². The quantitative estimate of drug-likeness (QED) is 0.0323. The first-order chi connectivity index (χ1) is 43.5. The largest absolute Gasteiger partial charge is 0.508 e.